The number of likely N-dealkylation sites (tertiary alicyclic amines) is 1. The molecule has 0 atom stereocenters. The zero-order valence-corrected chi connectivity index (χ0v) is 17.0. The van der Waals surface area contributed by atoms with Crippen molar-refractivity contribution in [2.45, 2.75) is 19.3 Å². The molecule has 1 fully saturated rings. The SMILES string of the molecule is CN(CCN1CCCCC1)c1ccc(-c2nc3c(Cl)c(Cl)ccc3[nH]2)cc1. The van der Waals surface area contributed by atoms with Crippen molar-refractivity contribution in [2.75, 3.05) is 38.1 Å². The number of likely N-dealkylation sites (N-methyl/N-ethyl adjacent to an activating group) is 1. The van der Waals surface area contributed by atoms with E-state index in [-0.39, 0.29) is 0 Å². The molecule has 6 heteroatoms. The summed E-state index contributed by atoms with van der Waals surface area (Å²) in [6.45, 7) is 4.65. The van der Waals surface area contributed by atoms with Crippen LogP contribution in [0.15, 0.2) is 36.4 Å². The van der Waals surface area contributed by atoms with Gasteiger partial charge >= 0.3 is 0 Å². The Labute approximate surface area is 170 Å². The second-order valence-corrected chi connectivity index (χ2v) is 8.00. The molecule has 0 bridgehead atoms. The van der Waals surface area contributed by atoms with E-state index < -0.39 is 0 Å². The summed E-state index contributed by atoms with van der Waals surface area (Å²) in [5.74, 6) is 0.802. The summed E-state index contributed by atoms with van der Waals surface area (Å²) in [6, 6.07) is 12.2. The highest BCUT2D eigenvalue weighted by Gasteiger charge is 2.13. The van der Waals surface area contributed by atoms with Crippen LogP contribution in [0.4, 0.5) is 5.69 Å². The highest BCUT2D eigenvalue weighted by Crippen LogP contribution is 2.31. The van der Waals surface area contributed by atoms with Gasteiger partial charge in [-0.15, -0.1) is 0 Å². The standard InChI is InChI=1S/C21H24Cl2N4/c1-26(13-14-27-11-3-2-4-12-27)16-7-5-15(6-8-16)21-24-18-10-9-17(22)19(23)20(18)25-21/h5-10H,2-4,11-14H2,1H3,(H,24,25). The van der Waals surface area contributed by atoms with Crippen LogP contribution in [-0.2, 0) is 0 Å². The molecule has 1 aliphatic rings. The Morgan fingerprint density at radius 2 is 1.78 bits per heavy atom. The number of nitrogens with zero attached hydrogens (tertiary/aromatic N) is 3. The van der Waals surface area contributed by atoms with Crippen LogP contribution in [0.25, 0.3) is 22.4 Å². The van der Waals surface area contributed by atoms with Gasteiger partial charge in [0.1, 0.15) is 11.3 Å². The molecule has 0 aliphatic carbocycles. The summed E-state index contributed by atoms with van der Waals surface area (Å²) < 4.78 is 0. The van der Waals surface area contributed by atoms with Gasteiger partial charge in [0.05, 0.1) is 15.6 Å². The molecule has 0 saturated carbocycles. The van der Waals surface area contributed by atoms with Gasteiger partial charge in [0.2, 0.25) is 0 Å². The van der Waals surface area contributed by atoms with E-state index in [1.807, 2.05) is 6.07 Å². The highest BCUT2D eigenvalue weighted by atomic mass is 35.5. The van der Waals surface area contributed by atoms with Crippen molar-refractivity contribution in [1.29, 1.82) is 0 Å². The van der Waals surface area contributed by atoms with Crippen molar-refractivity contribution in [3.63, 3.8) is 0 Å². The lowest BCUT2D eigenvalue weighted by molar-refractivity contribution is 0.234. The molecule has 0 amide bonds. The van der Waals surface area contributed by atoms with E-state index in [1.54, 1.807) is 6.07 Å². The fourth-order valence-corrected chi connectivity index (χ4v) is 3.99. The van der Waals surface area contributed by atoms with E-state index in [0.29, 0.717) is 15.6 Å². The lowest BCUT2D eigenvalue weighted by Gasteiger charge is -2.29. The molecule has 1 N–H and O–H groups in total. The molecule has 0 radical (unpaired) electrons. The topological polar surface area (TPSA) is 35.2 Å². The molecule has 4 rings (SSSR count). The third-order valence-electron chi connectivity index (χ3n) is 5.33. The Balaban J connectivity index is 1.46. The second kappa shape index (κ2) is 8.09. The Morgan fingerprint density at radius 1 is 1.04 bits per heavy atom. The van der Waals surface area contributed by atoms with Crippen LogP contribution in [-0.4, -0.2) is 48.1 Å². The molecule has 27 heavy (non-hydrogen) atoms. The maximum absolute atomic E-state index is 6.27. The van der Waals surface area contributed by atoms with Gasteiger partial charge in [-0.25, -0.2) is 4.98 Å². The number of hydrogen-bond acceptors (Lipinski definition) is 3. The first-order chi connectivity index (χ1) is 13.1. The third kappa shape index (κ3) is 4.08. The van der Waals surface area contributed by atoms with Crippen molar-refractivity contribution in [2.24, 2.45) is 0 Å². The van der Waals surface area contributed by atoms with Crippen LogP contribution < -0.4 is 4.90 Å². The van der Waals surface area contributed by atoms with Crippen LogP contribution in [0.1, 0.15) is 19.3 Å². The number of piperidine rings is 1. The van der Waals surface area contributed by atoms with Gasteiger partial charge in [0.25, 0.3) is 0 Å². The zero-order chi connectivity index (χ0) is 18.8. The first kappa shape index (κ1) is 18.6. The minimum atomic E-state index is 0.491. The number of hydrogen-bond donors (Lipinski definition) is 1. The van der Waals surface area contributed by atoms with E-state index in [9.17, 15) is 0 Å². The summed E-state index contributed by atoms with van der Waals surface area (Å²) in [5.41, 5.74) is 3.85. The quantitative estimate of drug-likeness (QED) is 0.615. The Hall–Kier alpha value is -1.75. The molecular weight excluding hydrogens is 379 g/mol. The molecule has 3 aromatic rings. The highest BCUT2D eigenvalue weighted by molar-refractivity contribution is 6.44. The van der Waals surface area contributed by atoms with Gasteiger partial charge in [-0.2, -0.15) is 0 Å². The molecule has 1 saturated heterocycles. The van der Waals surface area contributed by atoms with E-state index >= 15 is 0 Å². The lowest BCUT2D eigenvalue weighted by atomic mass is 10.1. The van der Waals surface area contributed by atoms with Gasteiger partial charge < -0.3 is 14.8 Å². The summed E-state index contributed by atoms with van der Waals surface area (Å²) in [4.78, 5) is 12.8. The van der Waals surface area contributed by atoms with Crippen LogP contribution in [0.5, 0.6) is 0 Å². The van der Waals surface area contributed by atoms with E-state index in [0.717, 1.165) is 30.0 Å². The maximum atomic E-state index is 6.27. The minimum absolute atomic E-state index is 0.491. The van der Waals surface area contributed by atoms with Crippen molar-refractivity contribution in [1.82, 2.24) is 14.9 Å². The molecule has 2 heterocycles. The monoisotopic (exact) mass is 402 g/mol. The predicted molar refractivity (Wildman–Crippen MR) is 115 cm³/mol. The molecule has 2 aromatic carbocycles. The number of fused-ring (bicyclic) bond motifs is 1. The number of halogens is 2. The zero-order valence-electron chi connectivity index (χ0n) is 15.5. The van der Waals surface area contributed by atoms with Crippen molar-refractivity contribution in [3.05, 3.63) is 46.4 Å². The first-order valence-electron chi connectivity index (χ1n) is 9.49. The van der Waals surface area contributed by atoms with Gasteiger partial charge in [0.15, 0.2) is 0 Å². The number of anilines is 1. The Kier molecular flexibility index (Phi) is 5.58. The Morgan fingerprint density at radius 3 is 2.52 bits per heavy atom. The number of rotatable bonds is 5. The second-order valence-electron chi connectivity index (χ2n) is 7.21. The van der Waals surface area contributed by atoms with Crippen LogP contribution in [0, 0.1) is 0 Å². The molecule has 4 nitrogen and oxygen atoms in total. The first-order valence-corrected chi connectivity index (χ1v) is 10.2. The maximum Gasteiger partial charge on any atom is 0.138 e. The van der Waals surface area contributed by atoms with Gasteiger partial charge in [-0.05, 0) is 62.3 Å². The third-order valence-corrected chi connectivity index (χ3v) is 6.12. The number of aromatic amines is 1. The number of H-pyrrole nitrogens is 1. The van der Waals surface area contributed by atoms with Gasteiger partial charge in [-0.3, -0.25) is 0 Å². The smallest absolute Gasteiger partial charge is 0.138 e. The normalized spacial score (nSPS) is 15.4. The van der Waals surface area contributed by atoms with Gasteiger partial charge in [-0.1, -0.05) is 29.6 Å². The van der Waals surface area contributed by atoms with Crippen LogP contribution >= 0.6 is 23.2 Å². The molecular formula is C21H24Cl2N4. The summed E-state index contributed by atoms with van der Waals surface area (Å²) >= 11 is 12.4. The van der Waals surface area contributed by atoms with Crippen LogP contribution in [0.2, 0.25) is 10.0 Å². The van der Waals surface area contributed by atoms with Crippen molar-refractivity contribution >= 4 is 39.9 Å². The van der Waals surface area contributed by atoms with E-state index in [1.165, 1.54) is 38.0 Å². The summed E-state index contributed by atoms with van der Waals surface area (Å²) in [6.07, 6.45) is 4.06. The van der Waals surface area contributed by atoms with E-state index in [2.05, 4.69) is 51.1 Å². The van der Waals surface area contributed by atoms with Gasteiger partial charge in [0, 0.05) is 31.4 Å². The van der Waals surface area contributed by atoms with Crippen LogP contribution in [0.3, 0.4) is 0 Å². The predicted octanol–water partition coefficient (Wildman–Crippen LogP) is 5.46. The molecule has 0 spiro atoms. The fraction of sp³-hybridized carbons (Fsp3) is 0.381. The average Bonchev–Trinajstić information content (AvgIpc) is 3.15. The minimum Gasteiger partial charge on any atom is -0.373 e. The summed E-state index contributed by atoms with van der Waals surface area (Å²) in [5, 5.41) is 1.01. The summed E-state index contributed by atoms with van der Waals surface area (Å²) in [7, 11) is 2.15. The molecule has 0 unspecified atom stereocenters. The lowest BCUT2D eigenvalue weighted by Crippen LogP contribution is -2.36. The Bertz CT molecular complexity index is 914. The fourth-order valence-electron chi connectivity index (χ4n) is 3.63. The van der Waals surface area contributed by atoms with E-state index in [4.69, 9.17) is 23.2 Å². The molecule has 142 valence electrons. The molecule has 1 aromatic heterocycles. The van der Waals surface area contributed by atoms with Crippen molar-refractivity contribution in [3.8, 4) is 11.4 Å². The molecule has 1 aliphatic heterocycles. The number of nitrogens with one attached hydrogen (secondary N) is 1. The average molecular weight is 403 g/mol. The number of benzene rings is 2. The number of aromatic nitrogens is 2. The largest absolute Gasteiger partial charge is 0.373 e. The number of imidazole rings is 1. The van der Waals surface area contributed by atoms with Crippen molar-refractivity contribution < 1.29 is 0 Å².